The Morgan fingerprint density at radius 1 is 1.28 bits per heavy atom. The second-order valence-electron chi connectivity index (χ2n) is 3.90. The van der Waals surface area contributed by atoms with Crippen molar-refractivity contribution in [1.82, 2.24) is 9.46 Å². The number of nitrogens with zero attached hydrogens (tertiary/aromatic N) is 3. The third-order valence-electron chi connectivity index (χ3n) is 2.44. The van der Waals surface area contributed by atoms with E-state index in [1.54, 1.807) is 24.5 Å². The molecule has 0 bridgehead atoms. The summed E-state index contributed by atoms with van der Waals surface area (Å²) in [6.07, 6.45) is 1.48. The first-order chi connectivity index (χ1) is 8.63. The van der Waals surface area contributed by atoms with E-state index in [1.165, 1.54) is 6.26 Å². The lowest BCUT2D eigenvalue weighted by molar-refractivity contribution is 0.412. The third kappa shape index (κ3) is 2.60. The molecule has 1 aromatic carbocycles. The van der Waals surface area contributed by atoms with E-state index in [-0.39, 0.29) is 6.54 Å². The number of rotatable bonds is 4. The van der Waals surface area contributed by atoms with Gasteiger partial charge in [0.1, 0.15) is 21.9 Å². The van der Waals surface area contributed by atoms with Crippen LogP contribution in [0, 0.1) is 0 Å². The maximum Gasteiger partial charge on any atom is 0.139 e. The summed E-state index contributed by atoms with van der Waals surface area (Å²) in [5, 5.41) is 3.76. The Morgan fingerprint density at radius 3 is 2.56 bits per heavy atom. The summed E-state index contributed by atoms with van der Waals surface area (Å²) in [5.74, 6) is 0. The first-order valence-electron chi connectivity index (χ1n) is 5.47. The van der Waals surface area contributed by atoms with E-state index in [4.69, 9.17) is 4.52 Å². The SMILES string of the molecule is CN(C)S(=O)(=NCc1ccon1)c1ccccc1. The molecule has 1 unspecified atom stereocenters. The lowest BCUT2D eigenvalue weighted by Gasteiger charge is -2.17. The van der Waals surface area contributed by atoms with Crippen LogP contribution < -0.4 is 0 Å². The van der Waals surface area contributed by atoms with Crippen LogP contribution in [-0.2, 0) is 16.5 Å². The van der Waals surface area contributed by atoms with Crippen LogP contribution >= 0.6 is 0 Å². The summed E-state index contributed by atoms with van der Waals surface area (Å²) in [6.45, 7) is 0.266. The molecule has 0 N–H and O–H groups in total. The second kappa shape index (κ2) is 5.32. The average Bonchev–Trinajstić information content (AvgIpc) is 2.90. The molecule has 0 aliphatic heterocycles. The van der Waals surface area contributed by atoms with Crippen molar-refractivity contribution in [2.24, 2.45) is 4.36 Å². The Balaban J connectivity index is 2.39. The topological polar surface area (TPSA) is 58.7 Å². The molecule has 5 nitrogen and oxygen atoms in total. The first kappa shape index (κ1) is 12.8. The highest BCUT2D eigenvalue weighted by molar-refractivity contribution is 7.91. The summed E-state index contributed by atoms with van der Waals surface area (Å²) in [6, 6.07) is 10.9. The van der Waals surface area contributed by atoms with Gasteiger partial charge in [-0.1, -0.05) is 23.4 Å². The molecule has 0 radical (unpaired) electrons. The molecule has 0 aliphatic rings. The molecule has 1 aromatic heterocycles. The van der Waals surface area contributed by atoms with Gasteiger partial charge in [-0.05, 0) is 12.1 Å². The Bertz CT molecular complexity index is 600. The van der Waals surface area contributed by atoms with Crippen LogP contribution in [0.1, 0.15) is 5.69 Å². The van der Waals surface area contributed by atoms with Crippen LogP contribution in [-0.4, -0.2) is 27.8 Å². The number of hydrogen-bond acceptors (Lipinski definition) is 4. The van der Waals surface area contributed by atoms with Gasteiger partial charge in [-0.15, -0.1) is 0 Å². The fourth-order valence-corrected chi connectivity index (χ4v) is 3.09. The standard InChI is InChI=1S/C12H15N3O2S/c1-15(2)18(16,12-6-4-3-5-7-12)13-10-11-8-9-17-14-11/h3-9H,10H2,1-2H3. The monoisotopic (exact) mass is 265 g/mol. The molecule has 2 aromatic rings. The molecule has 0 fully saturated rings. The molecule has 0 spiro atoms. The van der Waals surface area contributed by atoms with Crippen LogP contribution in [0.4, 0.5) is 0 Å². The zero-order chi connectivity index (χ0) is 13.0. The fourth-order valence-electron chi connectivity index (χ4n) is 1.47. The highest BCUT2D eigenvalue weighted by Crippen LogP contribution is 2.16. The van der Waals surface area contributed by atoms with Gasteiger partial charge in [0.05, 0.1) is 11.4 Å². The van der Waals surface area contributed by atoms with E-state index in [1.807, 2.05) is 30.3 Å². The smallest absolute Gasteiger partial charge is 0.139 e. The van der Waals surface area contributed by atoms with Crippen molar-refractivity contribution in [3.8, 4) is 0 Å². The van der Waals surface area contributed by atoms with Gasteiger partial charge in [0.2, 0.25) is 0 Å². The molecule has 0 aliphatic carbocycles. The van der Waals surface area contributed by atoms with Gasteiger partial charge >= 0.3 is 0 Å². The summed E-state index contributed by atoms with van der Waals surface area (Å²) < 4.78 is 23.5. The Labute approximate surface area is 107 Å². The van der Waals surface area contributed by atoms with Crippen LogP contribution in [0.3, 0.4) is 0 Å². The third-order valence-corrected chi connectivity index (χ3v) is 4.79. The number of aromatic nitrogens is 1. The number of benzene rings is 1. The minimum Gasteiger partial charge on any atom is -0.364 e. The highest BCUT2D eigenvalue weighted by Gasteiger charge is 2.15. The van der Waals surface area contributed by atoms with E-state index in [0.717, 1.165) is 0 Å². The van der Waals surface area contributed by atoms with Crippen LogP contribution in [0.2, 0.25) is 0 Å². The van der Waals surface area contributed by atoms with Crippen LogP contribution in [0.5, 0.6) is 0 Å². The van der Waals surface area contributed by atoms with Crippen molar-refractivity contribution in [2.45, 2.75) is 11.4 Å². The Morgan fingerprint density at radius 2 is 2.00 bits per heavy atom. The van der Waals surface area contributed by atoms with Gasteiger partial charge in [-0.3, -0.25) is 0 Å². The van der Waals surface area contributed by atoms with Crippen LogP contribution in [0.15, 0.2) is 56.4 Å². The number of hydrogen-bond donors (Lipinski definition) is 0. The predicted molar refractivity (Wildman–Crippen MR) is 69.2 cm³/mol. The molecular formula is C12H15N3O2S. The molecule has 2 rings (SSSR count). The highest BCUT2D eigenvalue weighted by atomic mass is 32.2. The lowest BCUT2D eigenvalue weighted by atomic mass is 10.4. The zero-order valence-corrected chi connectivity index (χ0v) is 11.1. The molecule has 96 valence electrons. The Hall–Kier alpha value is -1.66. The zero-order valence-electron chi connectivity index (χ0n) is 10.3. The van der Waals surface area contributed by atoms with Crippen molar-refractivity contribution in [1.29, 1.82) is 0 Å². The van der Waals surface area contributed by atoms with Crippen molar-refractivity contribution < 1.29 is 8.73 Å². The molecular weight excluding hydrogens is 250 g/mol. The predicted octanol–water partition coefficient (Wildman–Crippen LogP) is 2.18. The second-order valence-corrected chi connectivity index (χ2v) is 6.35. The summed E-state index contributed by atoms with van der Waals surface area (Å²) in [7, 11) is 0.919. The van der Waals surface area contributed by atoms with Crippen LogP contribution in [0.25, 0.3) is 0 Å². The van der Waals surface area contributed by atoms with E-state index in [9.17, 15) is 4.21 Å². The van der Waals surface area contributed by atoms with Crippen molar-refractivity contribution in [2.75, 3.05) is 14.1 Å². The van der Waals surface area contributed by atoms with Gasteiger partial charge in [0, 0.05) is 20.2 Å². The van der Waals surface area contributed by atoms with E-state index in [2.05, 4.69) is 9.52 Å². The van der Waals surface area contributed by atoms with Gasteiger partial charge in [-0.25, -0.2) is 12.9 Å². The van der Waals surface area contributed by atoms with Crippen molar-refractivity contribution >= 4 is 9.92 Å². The van der Waals surface area contributed by atoms with Crippen molar-refractivity contribution in [3.05, 3.63) is 48.4 Å². The van der Waals surface area contributed by atoms with E-state index in [0.29, 0.717) is 10.6 Å². The molecule has 6 heteroatoms. The van der Waals surface area contributed by atoms with Gasteiger partial charge in [-0.2, -0.15) is 0 Å². The van der Waals surface area contributed by atoms with Gasteiger partial charge < -0.3 is 4.52 Å². The molecule has 0 saturated heterocycles. The quantitative estimate of drug-likeness (QED) is 0.851. The normalized spacial score (nSPS) is 14.4. The molecule has 0 saturated carbocycles. The largest absolute Gasteiger partial charge is 0.364 e. The summed E-state index contributed by atoms with van der Waals surface area (Å²) in [5.41, 5.74) is 0.667. The average molecular weight is 265 g/mol. The van der Waals surface area contributed by atoms with E-state index >= 15 is 0 Å². The minimum absolute atomic E-state index is 0.266. The fraction of sp³-hybridized carbons (Fsp3) is 0.250. The van der Waals surface area contributed by atoms with Gasteiger partial charge in [0.15, 0.2) is 0 Å². The molecule has 1 heterocycles. The minimum atomic E-state index is -2.58. The molecule has 0 amide bonds. The Kier molecular flexibility index (Phi) is 3.78. The summed E-state index contributed by atoms with van der Waals surface area (Å²) in [4.78, 5) is 0.693. The summed E-state index contributed by atoms with van der Waals surface area (Å²) >= 11 is 0. The van der Waals surface area contributed by atoms with E-state index < -0.39 is 9.92 Å². The van der Waals surface area contributed by atoms with Crippen molar-refractivity contribution in [3.63, 3.8) is 0 Å². The first-order valence-corrected chi connectivity index (χ1v) is 6.95. The van der Waals surface area contributed by atoms with Gasteiger partial charge in [0.25, 0.3) is 0 Å². The lowest BCUT2D eigenvalue weighted by Crippen LogP contribution is -2.22. The maximum atomic E-state index is 12.9. The molecule has 1 atom stereocenters. The molecule has 18 heavy (non-hydrogen) atoms. The maximum absolute atomic E-state index is 12.9.